The van der Waals surface area contributed by atoms with Crippen molar-refractivity contribution in [1.29, 1.82) is 0 Å². The van der Waals surface area contributed by atoms with Gasteiger partial charge in [0.1, 0.15) is 6.04 Å². The van der Waals surface area contributed by atoms with Crippen LogP contribution in [0.3, 0.4) is 0 Å². The number of hydrogen-bond donors (Lipinski definition) is 2. The summed E-state index contributed by atoms with van der Waals surface area (Å²) in [6.07, 6.45) is 1.03. The number of hydrogen-bond acceptors (Lipinski definition) is 4. The summed E-state index contributed by atoms with van der Waals surface area (Å²) < 4.78 is 4.82. The first kappa shape index (κ1) is 16.4. The molecule has 3 N–H and O–H groups in total. The number of ether oxygens (including phenoxy) is 1. The third kappa shape index (κ3) is 5.50. The average molecular weight is 279 g/mol. The van der Waals surface area contributed by atoms with Crippen molar-refractivity contribution in [3.05, 3.63) is 21.9 Å². The number of carbonyl (C=O) groups excluding carboxylic acids is 1. The highest BCUT2D eigenvalue weighted by molar-refractivity contribution is 7.11. The smallest absolute Gasteiger partial charge is 0.239 e. The van der Waals surface area contributed by atoms with E-state index in [0.717, 1.165) is 11.3 Å². The van der Waals surface area contributed by atoms with E-state index in [-0.39, 0.29) is 24.9 Å². The van der Waals surface area contributed by atoms with E-state index in [2.05, 4.69) is 18.3 Å². The number of nitrogens with two attached hydrogens (primary N) is 1. The average Bonchev–Trinajstić information content (AvgIpc) is 2.74. The lowest BCUT2D eigenvalue weighted by Gasteiger charge is -2.10. The molecule has 1 atom stereocenters. The topological polar surface area (TPSA) is 64.4 Å². The summed E-state index contributed by atoms with van der Waals surface area (Å²) in [6, 6.07) is 3.53. The second-order valence-electron chi connectivity index (χ2n) is 3.50. The van der Waals surface area contributed by atoms with Crippen LogP contribution in [0, 0.1) is 0 Å². The first-order valence-corrected chi connectivity index (χ1v) is 6.08. The molecule has 0 aromatic carbocycles. The summed E-state index contributed by atoms with van der Waals surface area (Å²) in [5.74, 6) is -0.173. The van der Waals surface area contributed by atoms with Gasteiger partial charge in [-0.05, 0) is 18.6 Å². The van der Waals surface area contributed by atoms with Crippen molar-refractivity contribution in [1.82, 2.24) is 5.32 Å². The SMILES string of the molecule is CCc1ccc(CNC(=O)C(N)COC)s1.Cl. The van der Waals surface area contributed by atoms with Crippen LogP contribution >= 0.6 is 23.7 Å². The molecular formula is C11H19ClN2O2S. The minimum Gasteiger partial charge on any atom is -0.383 e. The van der Waals surface area contributed by atoms with Gasteiger partial charge in [-0.1, -0.05) is 6.92 Å². The Morgan fingerprint density at radius 2 is 2.18 bits per heavy atom. The number of carbonyl (C=O) groups is 1. The van der Waals surface area contributed by atoms with Crippen molar-refractivity contribution in [3.63, 3.8) is 0 Å². The number of aryl methyl sites for hydroxylation is 1. The molecule has 0 saturated carbocycles. The maximum absolute atomic E-state index is 11.5. The summed E-state index contributed by atoms with van der Waals surface area (Å²) in [5, 5.41) is 2.79. The molecule has 1 aromatic heterocycles. The van der Waals surface area contributed by atoms with Crippen LogP contribution in [0.25, 0.3) is 0 Å². The Morgan fingerprint density at radius 1 is 1.53 bits per heavy atom. The maximum Gasteiger partial charge on any atom is 0.239 e. The Bertz CT molecular complexity index is 344. The van der Waals surface area contributed by atoms with Crippen LogP contribution in [0.15, 0.2) is 12.1 Å². The van der Waals surface area contributed by atoms with Crippen LogP contribution in [0.4, 0.5) is 0 Å². The Kier molecular flexibility index (Phi) is 8.16. The van der Waals surface area contributed by atoms with E-state index < -0.39 is 6.04 Å². The van der Waals surface area contributed by atoms with Crippen LogP contribution < -0.4 is 11.1 Å². The number of thiophene rings is 1. The minimum atomic E-state index is -0.587. The molecule has 1 amide bonds. The Balaban J connectivity index is 0.00000256. The third-order valence-electron chi connectivity index (χ3n) is 2.19. The fraction of sp³-hybridized carbons (Fsp3) is 0.545. The molecule has 0 spiro atoms. The number of halogens is 1. The summed E-state index contributed by atoms with van der Waals surface area (Å²) in [5.41, 5.74) is 5.59. The molecule has 1 heterocycles. The van der Waals surface area contributed by atoms with E-state index in [1.54, 1.807) is 11.3 Å². The maximum atomic E-state index is 11.5. The van der Waals surface area contributed by atoms with Gasteiger partial charge in [0.25, 0.3) is 0 Å². The van der Waals surface area contributed by atoms with E-state index in [9.17, 15) is 4.79 Å². The molecule has 1 unspecified atom stereocenters. The molecule has 1 rings (SSSR count). The van der Waals surface area contributed by atoms with Gasteiger partial charge in [0.2, 0.25) is 5.91 Å². The van der Waals surface area contributed by atoms with E-state index in [0.29, 0.717) is 6.54 Å². The number of methoxy groups -OCH3 is 1. The molecule has 0 aliphatic heterocycles. The lowest BCUT2D eigenvalue weighted by Crippen LogP contribution is -2.43. The van der Waals surface area contributed by atoms with Gasteiger partial charge in [-0.2, -0.15) is 0 Å². The highest BCUT2D eigenvalue weighted by Gasteiger charge is 2.12. The zero-order chi connectivity index (χ0) is 12.0. The number of amides is 1. The van der Waals surface area contributed by atoms with Crippen LogP contribution in [0.2, 0.25) is 0 Å². The molecule has 1 aromatic rings. The Labute approximate surface area is 112 Å². The van der Waals surface area contributed by atoms with Crippen molar-refractivity contribution in [2.24, 2.45) is 5.73 Å². The van der Waals surface area contributed by atoms with Gasteiger partial charge >= 0.3 is 0 Å². The van der Waals surface area contributed by atoms with Crippen molar-refractivity contribution in [3.8, 4) is 0 Å². The molecule has 17 heavy (non-hydrogen) atoms. The lowest BCUT2D eigenvalue weighted by atomic mass is 10.3. The molecule has 4 nitrogen and oxygen atoms in total. The summed E-state index contributed by atoms with van der Waals surface area (Å²) in [7, 11) is 1.53. The van der Waals surface area contributed by atoms with Gasteiger partial charge < -0.3 is 15.8 Å². The van der Waals surface area contributed by atoms with Gasteiger partial charge in [-0.3, -0.25) is 4.79 Å². The first-order valence-electron chi connectivity index (χ1n) is 5.27. The first-order chi connectivity index (χ1) is 7.67. The van der Waals surface area contributed by atoms with Crippen LogP contribution in [0.5, 0.6) is 0 Å². The normalized spacial score (nSPS) is 11.7. The van der Waals surface area contributed by atoms with Crippen molar-refractivity contribution in [2.75, 3.05) is 13.7 Å². The summed E-state index contributed by atoms with van der Waals surface area (Å²) >= 11 is 1.71. The molecular weight excluding hydrogens is 260 g/mol. The van der Waals surface area contributed by atoms with Gasteiger partial charge in [0.15, 0.2) is 0 Å². The fourth-order valence-electron chi connectivity index (χ4n) is 1.27. The largest absolute Gasteiger partial charge is 0.383 e. The molecule has 0 fully saturated rings. The quantitative estimate of drug-likeness (QED) is 0.825. The zero-order valence-corrected chi connectivity index (χ0v) is 11.7. The summed E-state index contributed by atoms with van der Waals surface area (Å²) in [6.45, 7) is 2.90. The molecule has 0 aliphatic carbocycles. The van der Waals surface area contributed by atoms with Crippen LogP contribution in [-0.2, 0) is 22.5 Å². The third-order valence-corrected chi connectivity index (χ3v) is 3.42. The van der Waals surface area contributed by atoms with Gasteiger partial charge in [0, 0.05) is 16.9 Å². The van der Waals surface area contributed by atoms with Crippen LogP contribution in [-0.4, -0.2) is 25.7 Å². The van der Waals surface area contributed by atoms with Crippen molar-refractivity contribution in [2.45, 2.75) is 25.9 Å². The Morgan fingerprint density at radius 3 is 2.71 bits per heavy atom. The molecule has 6 heteroatoms. The van der Waals surface area contributed by atoms with E-state index in [1.807, 2.05) is 6.07 Å². The van der Waals surface area contributed by atoms with E-state index in [4.69, 9.17) is 10.5 Å². The standard InChI is InChI=1S/C11H18N2O2S.ClH/c1-3-8-4-5-9(16-8)6-13-11(14)10(12)7-15-2;/h4-5,10H,3,6-7,12H2,1-2H3,(H,13,14);1H. The van der Waals surface area contributed by atoms with Gasteiger partial charge in [0.05, 0.1) is 13.2 Å². The molecule has 0 bridgehead atoms. The zero-order valence-electron chi connectivity index (χ0n) is 10.1. The van der Waals surface area contributed by atoms with Crippen molar-refractivity contribution < 1.29 is 9.53 Å². The lowest BCUT2D eigenvalue weighted by molar-refractivity contribution is -0.123. The second kappa shape index (κ2) is 8.47. The monoisotopic (exact) mass is 278 g/mol. The molecule has 0 radical (unpaired) electrons. The highest BCUT2D eigenvalue weighted by atomic mass is 35.5. The predicted molar refractivity (Wildman–Crippen MR) is 72.6 cm³/mol. The molecule has 0 aliphatic rings. The second-order valence-corrected chi connectivity index (χ2v) is 4.75. The summed E-state index contributed by atoms with van der Waals surface area (Å²) in [4.78, 5) is 13.9. The molecule has 98 valence electrons. The fourth-order valence-corrected chi connectivity index (χ4v) is 2.17. The number of nitrogens with one attached hydrogen (secondary N) is 1. The van der Waals surface area contributed by atoms with Crippen LogP contribution in [0.1, 0.15) is 16.7 Å². The Hall–Kier alpha value is -0.620. The number of rotatable bonds is 6. The molecule has 0 saturated heterocycles. The van der Waals surface area contributed by atoms with E-state index >= 15 is 0 Å². The minimum absolute atomic E-state index is 0. The van der Waals surface area contributed by atoms with Gasteiger partial charge in [-0.25, -0.2) is 0 Å². The predicted octanol–water partition coefficient (Wildman–Crippen LogP) is 1.32. The van der Waals surface area contributed by atoms with Crippen molar-refractivity contribution >= 4 is 29.7 Å². The highest BCUT2D eigenvalue weighted by Crippen LogP contribution is 2.16. The van der Waals surface area contributed by atoms with E-state index in [1.165, 1.54) is 12.0 Å². The van der Waals surface area contributed by atoms with Gasteiger partial charge in [-0.15, -0.1) is 23.7 Å².